The van der Waals surface area contributed by atoms with Gasteiger partial charge in [0.1, 0.15) is 17.3 Å². The lowest BCUT2D eigenvalue weighted by Gasteiger charge is -2.08. The largest absolute Gasteiger partial charge is 0.493 e. The number of carbonyl (C=O) groups is 1. The van der Waals surface area contributed by atoms with Gasteiger partial charge in [-0.1, -0.05) is 0 Å². The third-order valence-corrected chi connectivity index (χ3v) is 1.75. The van der Waals surface area contributed by atoms with E-state index in [0.29, 0.717) is 6.29 Å². The highest BCUT2D eigenvalue weighted by molar-refractivity contribution is 5.78. The minimum absolute atomic E-state index is 0.168. The van der Waals surface area contributed by atoms with E-state index >= 15 is 0 Å². The van der Waals surface area contributed by atoms with Crippen molar-refractivity contribution in [1.82, 2.24) is 4.98 Å². The fraction of sp³-hybridized carbons (Fsp3) is 0.222. The first-order valence-corrected chi connectivity index (χ1v) is 3.86. The van der Waals surface area contributed by atoms with E-state index in [2.05, 4.69) is 4.98 Å². The molecule has 15 heavy (non-hydrogen) atoms. The lowest BCUT2D eigenvalue weighted by atomic mass is 10.1. The van der Waals surface area contributed by atoms with E-state index in [0.717, 1.165) is 6.20 Å². The van der Waals surface area contributed by atoms with E-state index in [9.17, 15) is 13.6 Å². The summed E-state index contributed by atoms with van der Waals surface area (Å²) in [4.78, 5) is 14.0. The van der Waals surface area contributed by atoms with Crippen molar-refractivity contribution >= 4 is 6.29 Å². The van der Waals surface area contributed by atoms with E-state index in [1.165, 1.54) is 7.11 Å². The van der Waals surface area contributed by atoms with Crippen molar-refractivity contribution in [2.24, 2.45) is 0 Å². The Bertz CT molecular complexity index is 427. The number of pyridine rings is 1. The topological polar surface area (TPSA) is 63.0 Å². The molecule has 1 rings (SSSR count). The van der Waals surface area contributed by atoms with E-state index in [-0.39, 0.29) is 17.0 Å². The Labute approximate surface area is 84.1 Å². The van der Waals surface area contributed by atoms with Gasteiger partial charge >= 0.3 is 0 Å². The molecule has 0 saturated carbocycles. The highest BCUT2D eigenvalue weighted by Crippen LogP contribution is 2.29. The molecule has 0 amide bonds. The molecule has 4 nitrogen and oxygen atoms in total. The lowest BCUT2D eigenvalue weighted by Crippen LogP contribution is -2.02. The molecular formula is C9H6F2N2O2. The number of ether oxygens (including phenoxy) is 1. The van der Waals surface area contributed by atoms with Crippen molar-refractivity contribution in [3.05, 3.63) is 23.0 Å². The fourth-order valence-electron chi connectivity index (χ4n) is 1.09. The first-order valence-electron chi connectivity index (χ1n) is 3.86. The molecule has 0 radical (unpaired) electrons. The average molecular weight is 212 g/mol. The van der Waals surface area contributed by atoms with Gasteiger partial charge in [-0.15, -0.1) is 0 Å². The van der Waals surface area contributed by atoms with Gasteiger partial charge < -0.3 is 4.74 Å². The van der Waals surface area contributed by atoms with Gasteiger partial charge in [-0.3, -0.25) is 4.79 Å². The Hall–Kier alpha value is -2.03. The standard InChI is InChI=1S/C9H6F2N2O2/c1-15-8-5(2-12)6(9(10)11)3-13-7(8)4-14/h3-4,9H,1H3. The SMILES string of the molecule is COc1c(C=O)ncc(C(F)F)c1C#N. The molecule has 78 valence electrons. The maximum Gasteiger partial charge on any atom is 0.266 e. The van der Waals surface area contributed by atoms with Crippen molar-refractivity contribution in [3.63, 3.8) is 0 Å². The summed E-state index contributed by atoms with van der Waals surface area (Å²) in [6, 6.07) is 1.57. The van der Waals surface area contributed by atoms with Crippen LogP contribution >= 0.6 is 0 Å². The van der Waals surface area contributed by atoms with E-state index in [4.69, 9.17) is 10.00 Å². The van der Waals surface area contributed by atoms with E-state index in [1.54, 1.807) is 6.07 Å². The van der Waals surface area contributed by atoms with Crippen molar-refractivity contribution < 1.29 is 18.3 Å². The number of aldehydes is 1. The zero-order valence-electron chi connectivity index (χ0n) is 7.70. The fourth-order valence-corrected chi connectivity index (χ4v) is 1.09. The normalized spacial score (nSPS) is 9.80. The summed E-state index contributed by atoms with van der Waals surface area (Å²) in [5.74, 6) is -0.217. The first-order chi connectivity index (χ1) is 7.15. The van der Waals surface area contributed by atoms with Crippen LogP contribution < -0.4 is 4.74 Å². The number of nitriles is 1. The maximum atomic E-state index is 12.4. The third kappa shape index (κ3) is 1.91. The highest BCUT2D eigenvalue weighted by Gasteiger charge is 2.20. The second kappa shape index (κ2) is 4.46. The lowest BCUT2D eigenvalue weighted by molar-refractivity contribution is 0.111. The van der Waals surface area contributed by atoms with Gasteiger partial charge in [0.15, 0.2) is 12.0 Å². The van der Waals surface area contributed by atoms with Crippen LogP contribution in [-0.2, 0) is 0 Å². The molecule has 0 atom stereocenters. The summed E-state index contributed by atoms with van der Waals surface area (Å²) in [5, 5.41) is 8.69. The molecule has 0 unspecified atom stereocenters. The number of hydrogen-bond acceptors (Lipinski definition) is 4. The average Bonchev–Trinajstić information content (AvgIpc) is 2.26. The Morgan fingerprint density at radius 2 is 2.33 bits per heavy atom. The molecule has 0 aliphatic carbocycles. The number of alkyl halides is 2. The van der Waals surface area contributed by atoms with Crippen LogP contribution in [0.25, 0.3) is 0 Å². The van der Waals surface area contributed by atoms with E-state index < -0.39 is 12.0 Å². The van der Waals surface area contributed by atoms with Crippen LogP contribution in [0.5, 0.6) is 5.75 Å². The predicted octanol–water partition coefficient (Wildman–Crippen LogP) is 1.71. The van der Waals surface area contributed by atoms with Gasteiger partial charge in [-0.2, -0.15) is 5.26 Å². The summed E-state index contributed by atoms with van der Waals surface area (Å²) in [7, 11) is 1.18. The second-order valence-corrected chi connectivity index (χ2v) is 2.54. The van der Waals surface area contributed by atoms with Gasteiger partial charge in [0.25, 0.3) is 6.43 Å². The van der Waals surface area contributed by atoms with Crippen LogP contribution in [0.2, 0.25) is 0 Å². The van der Waals surface area contributed by atoms with Crippen molar-refractivity contribution in [2.45, 2.75) is 6.43 Å². The first kappa shape index (κ1) is 11.0. The molecule has 0 aliphatic heterocycles. The summed E-state index contributed by atoms with van der Waals surface area (Å²) >= 11 is 0. The minimum atomic E-state index is -2.83. The molecule has 0 N–H and O–H groups in total. The van der Waals surface area contributed by atoms with Crippen molar-refractivity contribution in [1.29, 1.82) is 5.26 Å². The quantitative estimate of drug-likeness (QED) is 0.715. The Morgan fingerprint density at radius 1 is 1.67 bits per heavy atom. The molecule has 0 fully saturated rings. The molecule has 0 spiro atoms. The predicted molar refractivity (Wildman–Crippen MR) is 45.8 cm³/mol. The number of halogens is 2. The van der Waals surface area contributed by atoms with Crippen LogP contribution in [0, 0.1) is 11.3 Å². The Balaban J connectivity index is 3.49. The summed E-state index contributed by atoms with van der Waals surface area (Å²) < 4.78 is 29.6. The molecule has 0 saturated heterocycles. The van der Waals surface area contributed by atoms with Crippen LogP contribution in [0.4, 0.5) is 8.78 Å². The smallest absolute Gasteiger partial charge is 0.266 e. The number of carbonyl (C=O) groups excluding carboxylic acids is 1. The van der Waals surface area contributed by atoms with Gasteiger partial charge in [0.05, 0.1) is 12.7 Å². The van der Waals surface area contributed by atoms with Crippen LogP contribution in [0.1, 0.15) is 28.0 Å². The second-order valence-electron chi connectivity index (χ2n) is 2.54. The van der Waals surface area contributed by atoms with Crippen LogP contribution in [-0.4, -0.2) is 18.4 Å². The summed E-state index contributed by atoms with van der Waals surface area (Å²) in [6.07, 6.45) is -1.69. The van der Waals surface area contributed by atoms with Gasteiger partial charge in [-0.05, 0) is 0 Å². The summed E-state index contributed by atoms with van der Waals surface area (Å²) in [6.45, 7) is 0. The molecule has 1 aromatic rings. The molecule has 1 heterocycles. The zero-order valence-corrected chi connectivity index (χ0v) is 7.70. The third-order valence-electron chi connectivity index (χ3n) is 1.75. The maximum absolute atomic E-state index is 12.4. The van der Waals surface area contributed by atoms with Crippen molar-refractivity contribution in [2.75, 3.05) is 7.11 Å². The van der Waals surface area contributed by atoms with Crippen LogP contribution in [0.15, 0.2) is 6.20 Å². The zero-order chi connectivity index (χ0) is 11.4. The monoisotopic (exact) mass is 212 g/mol. The molecule has 6 heteroatoms. The van der Waals surface area contributed by atoms with E-state index in [1.807, 2.05) is 0 Å². The number of nitrogens with zero attached hydrogens (tertiary/aromatic N) is 2. The Kier molecular flexibility index (Phi) is 3.29. The van der Waals surface area contributed by atoms with Crippen molar-refractivity contribution in [3.8, 4) is 11.8 Å². The van der Waals surface area contributed by atoms with Gasteiger partial charge in [-0.25, -0.2) is 13.8 Å². The molecule has 0 bridgehead atoms. The van der Waals surface area contributed by atoms with Gasteiger partial charge in [0.2, 0.25) is 0 Å². The molecular weight excluding hydrogens is 206 g/mol. The molecule has 0 aliphatic rings. The number of aromatic nitrogens is 1. The summed E-state index contributed by atoms with van der Waals surface area (Å²) in [5.41, 5.74) is -1.07. The molecule has 0 aromatic carbocycles. The van der Waals surface area contributed by atoms with Gasteiger partial charge in [0, 0.05) is 6.20 Å². The van der Waals surface area contributed by atoms with Crippen LogP contribution in [0.3, 0.4) is 0 Å². The highest BCUT2D eigenvalue weighted by atomic mass is 19.3. The number of hydrogen-bond donors (Lipinski definition) is 0. The molecule has 1 aromatic heterocycles. The minimum Gasteiger partial charge on any atom is -0.493 e. The number of rotatable bonds is 3. The Morgan fingerprint density at radius 3 is 2.73 bits per heavy atom. The number of methoxy groups -OCH3 is 1.